The maximum absolute atomic E-state index is 10.8. The minimum absolute atomic E-state index is 0.0622. The number of rotatable bonds is 12. The largest absolute Gasteiger partial charge is 0.493 e. The topological polar surface area (TPSA) is 106 Å². The second kappa shape index (κ2) is 11.8. The van der Waals surface area contributed by atoms with E-state index in [9.17, 15) is 4.79 Å². The highest BCUT2D eigenvalue weighted by atomic mass is 16.5. The summed E-state index contributed by atoms with van der Waals surface area (Å²) in [6.07, 6.45) is 2.44. The summed E-state index contributed by atoms with van der Waals surface area (Å²) < 4.78 is 23.3. The van der Waals surface area contributed by atoms with E-state index in [2.05, 4.69) is 10.2 Å². The third-order valence-corrected chi connectivity index (χ3v) is 6.04. The Balaban J connectivity index is 1.61. The molecule has 4 rings (SSSR count). The van der Waals surface area contributed by atoms with Gasteiger partial charge >= 0.3 is 5.97 Å². The molecule has 0 spiro atoms. The van der Waals surface area contributed by atoms with Gasteiger partial charge in [-0.1, -0.05) is 12.1 Å². The van der Waals surface area contributed by atoms with Crippen LogP contribution in [0, 0.1) is 0 Å². The fourth-order valence-electron chi connectivity index (χ4n) is 4.31. The fourth-order valence-corrected chi connectivity index (χ4v) is 4.31. The lowest BCUT2D eigenvalue weighted by molar-refractivity contribution is -0.137. The van der Waals surface area contributed by atoms with Crippen LogP contribution in [-0.4, -0.2) is 55.5 Å². The van der Waals surface area contributed by atoms with Crippen molar-refractivity contribution in [1.29, 1.82) is 0 Å². The summed E-state index contributed by atoms with van der Waals surface area (Å²) in [6.45, 7) is 5.28. The molecule has 1 aromatic heterocycles. The van der Waals surface area contributed by atoms with E-state index in [0.717, 1.165) is 31.5 Å². The second-order valence-electron chi connectivity index (χ2n) is 8.47. The summed E-state index contributed by atoms with van der Waals surface area (Å²) in [6, 6.07) is 12.4. The van der Waals surface area contributed by atoms with Crippen LogP contribution < -0.4 is 24.4 Å². The molecule has 2 aromatic carbocycles. The Labute approximate surface area is 205 Å². The monoisotopic (exact) mass is 483 g/mol. The van der Waals surface area contributed by atoms with E-state index in [1.165, 1.54) is 0 Å². The number of ether oxygens (including phenoxy) is 3. The van der Waals surface area contributed by atoms with Crippen molar-refractivity contribution < 1.29 is 28.5 Å². The van der Waals surface area contributed by atoms with Gasteiger partial charge in [-0.15, -0.1) is 0 Å². The number of aromatic nitrogens is 1. The molecule has 1 saturated heterocycles. The lowest BCUT2D eigenvalue weighted by atomic mass is 10.0. The number of benzene rings is 2. The van der Waals surface area contributed by atoms with Gasteiger partial charge in [-0.2, -0.15) is 4.98 Å². The Hall–Kier alpha value is -3.46. The highest BCUT2D eigenvalue weighted by Gasteiger charge is 2.26. The first-order valence-electron chi connectivity index (χ1n) is 12.1. The van der Waals surface area contributed by atoms with Gasteiger partial charge in [0.2, 0.25) is 0 Å². The second-order valence-corrected chi connectivity index (χ2v) is 8.47. The van der Waals surface area contributed by atoms with Gasteiger partial charge in [-0.25, -0.2) is 0 Å². The van der Waals surface area contributed by atoms with Crippen LogP contribution in [0.4, 0.5) is 6.01 Å². The van der Waals surface area contributed by atoms with Crippen LogP contribution in [0.3, 0.4) is 0 Å². The number of carboxylic acid groups (broad SMARTS) is 1. The molecular weight excluding hydrogens is 450 g/mol. The zero-order valence-corrected chi connectivity index (χ0v) is 20.3. The van der Waals surface area contributed by atoms with Crippen LogP contribution >= 0.6 is 0 Å². The van der Waals surface area contributed by atoms with Crippen molar-refractivity contribution in [3.8, 4) is 17.2 Å². The van der Waals surface area contributed by atoms with Crippen LogP contribution in [0.25, 0.3) is 11.1 Å². The van der Waals surface area contributed by atoms with Crippen molar-refractivity contribution in [3.63, 3.8) is 0 Å². The summed E-state index contributed by atoms with van der Waals surface area (Å²) >= 11 is 0. The normalized spacial score (nSPS) is 14.1. The predicted molar refractivity (Wildman–Crippen MR) is 133 cm³/mol. The number of para-hydroxylation sites is 1. The molecule has 1 aliphatic rings. The lowest BCUT2D eigenvalue weighted by Crippen LogP contribution is -2.43. The molecule has 9 nitrogen and oxygen atoms in total. The average molecular weight is 484 g/mol. The van der Waals surface area contributed by atoms with Gasteiger partial charge in [0.05, 0.1) is 20.3 Å². The van der Waals surface area contributed by atoms with Gasteiger partial charge in [-0.05, 0) is 69.1 Å². The number of nitrogens with one attached hydrogen (secondary N) is 1. The zero-order valence-electron chi connectivity index (χ0n) is 20.3. The van der Waals surface area contributed by atoms with E-state index >= 15 is 0 Å². The summed E-state index contributed by atoms with van der Waals surface area (Å²) in [4.78, 5) is 17.8. The smallest absolute Gasteiger partial charge is 0.303 e. The number of oxazole rings is 1. The van der Waals surface area contributed by atoms with E-state index in [1.54, 1.807) is 7.11 Å². The Bertz CT molecular complexity index is 1130. The molecule has 0 bridgehead atoms. The Morgan fingerprint density at radius 3 is 2.74 bits per heavy atom. The number of methoxy groups -OCH3 is 1. The summed E-state index contributed by atoms with van der Waals surface area (Å²) in [7, 11) is 1.64. The third kappa shape index (κ3) is 6.16. The van der Waals surface area contributed by atoms with Crippen LogP contribution in [0.1, 0.15) is 38.2 Å². The van der Waals surface area contributed by atoms with Gasteiger partial charge in [0, 0.05) is 19.0 Å². The van der Waals surface area contributed by atoms with Crippen molar-refractivity contribution in [3.05, 3.63) is 42.0 Å². The number of carbonyl (C=O) groups is 1. The van der Waals surface area contributed by atoms with E-state index in [-0.39, 0.29) is 12.5 Å². The van der Waals surface area contributed by atoms with Crippen LogP contribution in [-0.2, 0) is 11.3 Å². The molecule has 9 heteroatoms. The molecule has 0 amide bonds. The Morgan fingerprint density at radius 2 is 2.00 bits per heavy atom. The van der Waals surface area contributed by atoms with Gasteiger partial charge in [-0.3, -0.25) is 4.79 Å². The molecule has 0 atom stereocenters. The van der Waals surface area contributed by atoms with E-state index < -0.39 is 5.97 Å². The maximum Gasteiger partial charge on any atom is 0.303 e. The van der Waals surface area contributed by atoms with Gasteiger partial charge in [0.15, 0.2) is 22.8 Å². The molecule has 1 fully saturated rings. The zero-order chi connectivity index (χ0) is 24.6. The van der Waals surface area contributed by atoms with E-state index in [4.69, 9.17) is 28.7 Å². The van der Waals surface area contributed by atoms with Gasteiger partial charge in [0.25, 0.3) is 6.01 Å². The first-order valence-corrected chi connectivity index (χ1v) is 12.1. The highest BCUT2D eigenvalue weighted by Crippen LogP contribution is 2.34. The van der Waals surface area contributed by atoms with E-state index in [0.29, 0.717) is 60.5 Å². The number of hydrogen-bond donors (Lipinski definition) is 2. The molecule has 2 N–H and O–H groups in total. The number of anilines is 1. The fraction of sp³-hybridized carbons (Fsp3) is 0.462. The molecule has 2 heterocycles. The number of piperidine rings is 1. The maximum atomic E-state index is 10.8. The molecule has 0 unspecified atom stereocenters. The summed E-state index contributed by atoms with van der Waals surface area (Å²) in [5.74, 6) is 1.15. The van der Waals surface area contributed by atoms with Crippen molar-refractivity contribution in [2.45, 2.75) is 45.2 Å². The average Bonchev–Trinajstić information content (AvgIpc) is 3.31. The number of nitrogens with zero attached hydrogens (tertiary/aromatic N) is 2. The van der Waals surface area contributed by atoms with E-state index in [1.807, 2.05) is 43.3 Å². The first-order chi connectivity index (χ1) is 17.1. The van der Waals surface area contributed by atoms with Crippen LogP contribution in [0.2, 0.25) is 0 Å². The minimum Gasteiger partial charge on any atom is -0.493 e. The van der Waals surface area contributed by atoms with Crippen molar-refractivity contribution in [2.75, 3.05) is 38.3 Å². The first kappa shape index (κ1) is 24.7. The molecule has 0 saturated carbocycles. The predicted octanol–water partition coefficient (Wildman–Crippen LogP) is 4.24. The molecule has 188 valence electrons. The molecular formula is C26H33N3O6. The molecule has 0 radical (unpaired) electrons. The third-order valence-electron chi connectivity index (χ3n) is 6.04. The molecule has 1 aliphatic heterocycles. The number of carboxylic acids is 1. The Kier molecular flexibility index (Phi) is 8.31. The summed E-state index contributed by atoms with van der Waals surface area (Å²) in [5.41, 5.74) is 2.35. The van der Waals surface area contributed by atoms with Crippen molar-refractivity contribution in [2.24, 2.45) is 0 Å². The highest BCUT2D eigenvalue weighted by molar-refractivity contribution is 5.81. The SMILES string of the molecule is CCOc1cc(CN(c2nc3cccc(OCCCC(=O)O)c3o2)C2CCNCC2)ccc1OC. The molecule has 0 aliphatic carbocycles. The number of fused-ring (bicyclic) bond motifs is 1. The minimum atomic E-state index is -0.836. The quantitative estimate of drug-likeness (QED) is 0.366. The number of aliphatic carboxylic acids is 1. The lowest BCUT2D eigenvalue weighted by Gasteiger charge is -2.33. The van der Waals surface area contributed by atoms with Gasteiger partial charge in [0.1, 0.15) is 5.52 Å². The summed E-state index contributed by atoms with van der Waals surface area (Å²) in [5, 5.41) is 12.3. The molecule has 3 aromatic rings. The van der Waals surface area contributed by atoms with Crippen molar-refractivity contribution >= 4 is 23.1 Å². The standard InChI is InChI=1S/C26H33N3O6/c1-3-33-23-16-18(9-10-21(23)32-2)17-29(19-11-13-27-14-12-19)26-28-20-6-4-7-22(25(20)35-26)34-15-5-8-24(30)31/h4,6-7,9-10,16,19,27H,3,5,8,11-15,17H2,1-2H3,(H,30,31). The van der Waals surface area contributed by atoms with Gasteiger partial charge < -0.3 is 34.0 Å². The number of hydrogen-bond acceptors (Lipinski definition) is 8. The van der Waals surface area contributed by atoms with Crippen LogP contribution in [0.15, 0.2) is 40.8 Å². The Morgan fingerprint density at radius 1 is 1.17 bits per heavy atom. The van der Waals surface area contributed by atoms with Crippen LogP contribution in [0.5, 0.6) is 17.2 Å². The van der Waals surface area contributed by atoms with Crippen molar-refractivity contribution in [1.82, 2.24) is 10.3 Å². The molecule has 35 heavy (non-hydrogen) atoms.